The van der Waals surface area contributed by atoms with Gasteiger partial charge in [-0.2, -0.15) is 5.10 Å². The molecule has 0 aliphatic heterocycles. The van der Waals surface area contributed by atoms with Gasteiger partial charge >= 0.3 is 0 Å². The molecule has 0 saturated heterocycles. The second kappa shape index (κ2) is 7.63. The van der Waals surface area contributed by atoms with E-state index < -0.39 is 5.82 Å². The number of benzene rings is 1. The van der Waals surface area contributed by atoms with Gasteiger partial charge in [-0.05, 0) is 31.2 Å². The Kier molecular flexibility index (Phi) is 5.31. The smallest absolute Gasteiger partial charge is 0.206 e. The third kappa shape index (κ3) is 3.97. The Morgan fingerprint density at radius 2 is 2.24 bits per heavy atom. The zero-order chi connectivity index (χ0) is 17.8. The van der Waals surface area contributed by atoms with E-state index in [2.05, 4.69) is 16.7 Å². The highest BCUT2D eigenvalue weighted by molar-refractivity contribution is 7.07. The summed E-state index contributed by atoms with van der Waals surface area (Å²) in [5, 5.41) is 6.56. The van der Waals surface area contributed by atoms with Gasteiger partial charge in [-0.1, -0.05) is 29.8 Å². The van der Waals surface area contributed by atoms with E-state index in [4.69, 9.17) is 16.0 Å². The molecule has 0 N–H and O–H groups in total. The molecular weight excluding hydrogens is 361 g/mol. The van der Waals surface area contributed by atoms with Gasteiger partial charge in [-0.3, -0.25) is 4.99 Å². The number of furan rings is 1. The molecule has 0 amide bonds. The Bertz CT molecular complexity index is 966. The fraction of sp³-hybridized carbons (Fsp3) is 0.111. The van der Waals surface area contributed by atoms with E-state index in [-0.39, 0.29) is 5.56 Å². The molecule has 0 spiro atoms. The summed E-state index contributed by atoms with van der Waals surface area (Å²) in [5.41, 5.74) is 1.87. The molecule has 128 valence electrons. The number of aromatic nitrogens is 1. The third-order valence-corrected chi connectivity index (χ3v) is 4.43. The van der Waals surface area contributed by atoms with Crippen LogP contribution in [0.3, 0.4) is 0 Å². The largest absolute Gasteiger partial charge is 0.463 e. The van der Waals surface area contributed by atoms with Crippen molar-refractivity contribution in [3.63, 3.8) is 0 Å². The van der Waals surface area contributed by atoms with Crippen LogP contribution < -0.4 is 4.80 Å². The molecule has 0 saturated carbocycles. The Balaban J connectivity index is 2.09. The third-order valence-electron chi connectivity index (χ3n) is 3.25. The Morgan fingerprint density at radius 1 is 1.40 bits per heavy atom. The number of hydrogen-bond acceptors (Lipinski definition) is 4. The summed E-state index contributed by atoms with van der Waals surface area (Å²) in [5.74, 6) is 0.205. The predicted molar refractivity (Wildman–Crippen MR) is 99.7 cm³/mol. The van der Waals surface area contributed by atoms with Gasteiger partial charge in [0.25, 0.3) is 0 Å². The second-order valence-corrected chi connectivity index (χ2v) is 6.59. The Labute approximate surface area is 153 Å². The molecule has 0 fully saturated rings. The van der Waals surface area contributed by atoms with Gasteiger partial charge in [0.1, 0.15) is 11.5 Å². The van der Waals surface area contributed by atoms with E-state index in [1.165, 1.54) is 23.6 Å². The van der Waals surface area contributed by atoms with Crippen LogP contribution in [0.1, 0.15) is 12.5 Å². The van der Waals surface area contributed by atoms with Crippen molar-refractivity contribution < 1.29 is 8.81 Å². The molecule has 0 radical (unpaired) electrons. The molecule has 1 aromatic carbocycles. The van der Waals surface area contributed by atoms with Crippen molar-refractivity contribution in [2.45, 2.75) is 6.92 Å². The van der Waals surface area contributed by atoms with Crippen molar-refractivity contribution in [2.75, 3.05) is 6.54 Å². The first-order valence-electron chi connectivity index (χ1n) is 7.44. The van der Waals surface area contributed by atoms with Crippen LogP contribution in [0.5, 0.6) is 0 Å². The quantitative estimate of drug-likeness (QED) is 0.459. The summed E-state index contributed by atoms with van der Waals surface area (Å²) in [4.78, 5) is 5.14. The van der Waals surface area contributed by atoms with Gasteiger partial charge in [0.15, 0.2) is 5.76 Å². The number of thiazole rings is 1. The molecule has 0 aliphatic carbocycles. The van der Waals surface area contributed by atoms with Crippen LogP contribution >= 0.6 is 22.9 Å². The maximum atomic E-state index is 14.0. The zero-order valence-corrected chi connectivity index (χ0v) is 15.0. The van der Waals surface area contributed by atoms with E-state index >= 15 is 0 Å². The Hall–Kier alpha value is -2.44. The van der Waals surface area contributed by atoms with E-state index in [1.54, 1.807) is 29.1 Å². The lowest BCUT2D eigenvalue weighted by Crippen LogP contribution is -2.13. The van der Waals surface area contributed by atoms with Crippen LogP contribution in [-0.4, -0.2) is 17.4 Å². The monoisotopic (exact) mass is 375 g/mol. The first-order chi connectivity index (χ1) is 12.1. The summed E-state index contributed by atoms with van der Waals surface area (Å²) >= 11 is 7.47. The first kappa shape index (κ1) is 17.4. The van der Waals surface area contributed by atoms with Gasteiger partial charge in [-0.25, -0.2) is 9.07 Å². The summed E-state index contributed by atoms with van der Waals surface area (Å²) < 4.78 is 21.0. The van der Waals surface area contributed by atoms with E-state index in [0.717, 1.165) is 11.3 Å². The van der Waals surface area contributed by atoms with Crippen LogP contribution in [0.25, 0.3) is 11.5 Å². The summed E-state index contributed by atoms with van der Waals surface area (Å²) in [7, 11) is 0. The van der Waals surface area contributed by atoms with Crippen LogP contribution in [-0.2, 0) is 0 Å². The average molecular weight is 376 g/mol. The molecule has 3 rings (SSSR count). The summed E-state index contributed by atoms with van der Waals surface area (Å²) in [6.45, 7) is 6.23. The molecule has 7 heteroatoms. The van der Waals surface area contributed by atoms with Crippen molar-refractivity contribution >= 4 is 29.2 Å². The topological polar surface area (TPSA) is 42.8 Å². The zero-order valence-electron chi connectivity index (χ0n) is 13.4. The molecule has 0 bridgehead atoms. The van der Waals surface area contributed by atoms with E-state index in [0.29, 0.717) is 22.1 Å². The molecule has 0 aliphatic rings. The van der Waals surface area contributed by atoms with Crippen LogP contribution in [0.4, 0.5) is 4.39 Å². The first-order valence-corrected chi connectivity index (χ1v) is 8.69. The number of halogens is 2. The predicted octanol–water partition coefficient (Wildman–Crippen LogP) is 4.96. The lowest BCUT2D eigenvalue weighted by Gasteiger charge is -2.02. The fourth-order valence-electron chi connectivity index (χ4n) is 2.07. The van der Waals surface area contributed by atoms with Crippen LogP contribution in [0.2, 0.25) is 5.02 Å². The molecule has 0 atom stereocenters. The number of hydrogen-bond donors (Lipinski definition) is 0. The molecule has 2 aromatic heterocycles. The average Bonchev–Trinajstić information content (AvgIpc) is 3.21. The minimum Gasteiger partial charge on any atom is -0.463 e. The van der Waals surface area contributed by atoms with Crippen molar-refractivity contribution in [1.82, 2.24) is 4.68 Å². The highest BCUT2D eigenvalue weighted by Crippen LogP contribution is 2.21. The van der Waals surface area contributed by atoms with Crippen molar-refractivity contribution in [3.05, 3.63) is 75.3 Å². The number of nitrogens with zero attached hydrogens (tertiary/aromatic N) is 3. The minimum atomic E-state index is -0.438. The second-order valence-electron chi connectivity index (χ2n) is 5.35. The molecule has 3 aromatic rings. The standard InChI is InChI=1S/C18H15ClFN3OS/c1-12(2)9-21-18-23(16(11-25-18)17-7-4-8-24-17)22-10-13-14(19)5-3-6-15(13)20/h3-8,10-11H,1,9H2,2H3. The van der Waals surface area contributed by atoms with Crippen molar-refractivity contribution in [1.29, 1.82) is 0 Å². The van der Waals surface area contributed by atoms with Crippen LogP contribution in [0, 0.1) is 5.82 Å². The molecule has 0 unspecified atom stereocenters. The highest BCUT2D eigenvalue weighted by atomic mass is 35.5. The summed E-state index contributed by atoms with van der Waals surface area (Å²) in [6, 6.07) is 8.12. The highest BCUT2D eigenvalue weighted by Gasteiger charge is 2.10. The Morgan fingerprint density at radius 3 is 2.92 bits per heavy atom. The normalized spacial score (nSPS) is 12.2. The minimum absolute atomic E-state index is 0.221. The van der Waals surface area contributed by atoms with Crippen LogP contribution in [0.15, 0.2) is 68.6 Å². The molecular formula is C18H15ClFN3OS. The van der Waals surface area contributed by atoms with Gasteiger partial charge in [0.05, 0.1) is 24.0 Å². The van der Waals surface area contributed by atoms with Gasteiger partial charge < -0.3 is 4.42 Å². The molecule has 4 nitrogen and oxygen atoms in total. The van der Waals surface area contributed by atoms with Gasteiger partial charge in [-0.15, -0.1) is 11.3 Å². The fourth-order valence-corrected chi connectivity index (χ4v) is 3.10. The lowest BCUT2D eigenvalue weighted by atomic mass is 10.2. The van der Waals surface area contributed by atoms with Crippen molar-refractivity contribution in [2.24, 2.45) is 10.1 Å². The van der Waals surface area contributed by atoms with Gasteiger partial charge in [0.2, 0.25) is 4.80 Å². The van der Waals surface area contributed by atoms with Crippen molar-refractivity contribution in [3.8, 4) is 11.5 Å². The summed E-state index contributed by atoms with van der Waals surface area (Å²) in [6.07, 6.45) is 2.97. The maximum absolute atomic E-state index is 14.0. The lowest BCUT2D eigenvalue weighted by molar-refractivity contribution is 0.575. The maximum Gasteiger partial charge on any atom is 0.206 e. The molecule has 25 heavy (non-hydrogen) atoms. The number of rotatable bonds is 5. The van der Waals surface area contributed by atoms with E-state index in [1.807, 2.05) is 18.4 Å². The van der Waals surface area contributed by atoms with Gasteiger partial charge in [0, 0.05) is 10.9 Å². The SMILES string of the molecule is C=C(C)CN=c1scc(-c2ccco2)n1N=Cc1c(F)cccc1Cl. The van der Waals surface area contributed by atoms with E-state index in [9.17, 15) is 4.39 Å². The molecule has 2 heterocycles.